The van der Waals surface area contributed by atoms with Crippen LogP contribution in [0.25, 0.3) is 11.1 Å². The van der Waals surface area contributed by atoms with E-state index >= 15 is 0 Å². The van der Waals surface area contributed by atoms with E-state index in [1.54, 1.807) is 18.3 Å². The molecule has 2 aromatic rings. The van der Waals surface area contributed by atoms with Crippen LogP contribution < -0.4 is 10.5 Å². The van der Waals surface area contributed by atoms with Gasteiger partial charge in [0, 0.05) is 17.7 Å². The molecule has 0 spiro atoms. The second kappa shape index (κ2) is 4.97. The van der Waals surface area contributed by atoms with Gasteiger partial charge < -0.3 is 10.5 Å². The first-order valence-corrected chi connectivity index (χ1v) is 5.32. The number of nitrogens with zero attached hydrogens (tertiary/aromatic N) is 1. The lowest BCUT2D eigenvalue weighted by Gasteiger charge is -2.05. The molecule has 90 valence electrons. The number of nitrogens with one attached hydrogen (secondary N) is 1. The van der Waals surface area contributed by atoms with E-state index in [-0.39, 0.29) is 11.6 Å². The topological polar surface area (TPSA) is 63.9 Å². The Kier molecular flexibility index (Phi) is 3.39. The minimum Gasteiger partial charge on any atom is -0.494 e. The van der Waals surface area contributed by atoms with Crippen molar-refractivity contribution in [3.8, 4) is 16.9 Å². The zero-order valence-electron chi connectivity index (χ0n) is 9.53. The van der Waals surface area contributed by atoms with Gasteiger partial charge in [-0.3, -0.25) is 5.10 Å². The summed E-state index contributed by atoms with van der Waals surface area (Å²) in [5.41, 5.74) is 8.05. The molecule has 3 N–H and O–H groups in total. The highest BCUT2D eigenvalue weighted by molar-refractivity contribution is 5.66. The summed E-state index contributed by atoms with van der Waals surface area (Å²) in [6, 6.07) is 4.83. The third kappa shape index (κ3) is 2.29. The van der Waals surface area contributed by atoms with Gasteiger partial charge in [0.05, 0.1) is 13.3 Å². The predicted octanol–water partition coefficient (Wildman–Crippen LogP) is 1.73. The SMILES string of the molecule is COc1ccc(-c2cn[nH]c2CCN)cc1F. The quantitative estimate of drug-likeness (QED) is 0.848. The molecule has 1 aromatic heterocycles. The molecule has 0 radical (unpaired) electrons. The number of benzene rings is 1. The summed E-state index contributed by atoms with van der Waals surface area (Å²) in [6.07, 6.45) is 2.36. The fraction of sp³-hybridized carbons (Fsp3) is 0.250. The normalized spacial score (nSPS) is 10.5. The molecule has 0 fully saturated rings. The van der Waals surface area contributed by atoms with Crippen molar-refractivity contribution in [3.05, 3.63) is 35.9 Å². The van der Waals surface area contributed by atoms with Crippen LogP contribution in [0, 0.1) is 5.82 Å². The Morgan fingerprint density at radius 3 is 2.94 bits per heavy atom. The third-order valence-electron chi connectivity index (χ3n) is 2.58. The molecule has 0 unspecified atom stereocenters. The average Bonchev–Trinajstić information content (AvgIpc) is 2.78. The highest BCUT2D eigenvalue weighted by Gasteiger charge is 2.10. The average molecular weight is 235 g/mol. The van der Waals surface area contributed by atoms with E-state index in [4.69, 9.17) is 10.5 Å². The Labute approximate surface area is 98.6 Å². The van der Waals surface area contributed by atoms with Gasteiger partial charge in [0.2, 0.25) is 0 Å². The number of rotatable bonds is 4. The van der Waals surface area contributed by atoms with Crippen molar-refractivity contribution in [2.24, 2.45) is 5.73 Å². The Morgan fingerprint density at radius 2 is 2.29 bits per heavy atom. The van der Waals surface area contributed by atoms with Crippen LogP contribution in [-0.4, -0.2) is 23.9 Å². The second-order valence-corrected chi connectivity index (χ2v) is 3.65. The minimum absolute atomic E-state index is 0.234. The Hall–Kier alpha value is -1.88. The van der Waals surface area contributed by atoms with Crippen LogP contribution in [0.3, 0.4) is 0 Å². The molecule has 0 aliphatic carbocycles. The van der Waals surface area contributed by atoms with Crippen LogP contribution >= 0.6 is 0 Å². The van der Waals surface area contributed by atoms with Crippen LogP contribution in [-0.2, 0) is 6.42 Å². The molecule has 17 heavy (non-hydrogen) atoms. The van der Waals surface area contributed by atoms with E-state index in [0.29, 0.717) is 13.0 Å². The van der Waals surface area contributed by atoms with Gasteiger partial charge in [0.15, 0.2) is 11.6 Å². The van der Waals surface area contributed by atoms with Crippen LogP contribution in [0.4, 0.5) is 4.39 Å². The van der Waals surface area contributed by atoms with Gasteiger partial charge in [-0.2, -0.15) is 5.10 Å². The van der Waals surface area contributed by atoms with Crippen LogP contribution in [0.2, 0.25) is 0 Å². The molecule has 0 bridgehead atoms. The molecular formula is C12H14FN3O. The molecular weight excluding hydrogens is 221 g/mol. The number of halogens is 1. The van der Waals surface area contributed by atoms with Crippen molar-refractivity contribution in [2.75, 3.05) is 13.7 Å². The van der Waals surface area contributed by atoms with Crippen molar-refractivity contribution in [1.82, 2.24) is 10.2 Å². The summed E-state index contributed by atoms with van der Waals surface area (Å²) in [5.74, 6) is -0.150. The maximum Gasteiger partial charge on any atom is 0.165 e. The van der Waals surface area contributed by atoms with Gasteiger partial charge in [0.1, 0.15) is 0 Å². The summed E-state index contributed by atoms with van der Waals surface area (Å²) in [6.45, 7) is 0.522. The monoisotopic (exact) mass is 235 g/mol. The Bertz CT molecular complexity index is 510. The first kappa shape index (κ1) is 11.6. The van der Waals surface area contributed by atoms with E-state index < -0.39 is 0 Å². The zero-order chi connectivity index (χ0) is 12.3. The second-order valence-electron chi connectivity index (χ2n) is 3.65. The number of methoxy groups -OCH3 is 1. The lowest BCUT2D eigenvalue weighted by atomic mass is 10.0. The molecule has 0 amide bonds. The fourth-order valence-electron chi connectivity index (χ4n) is 1.73. The standard InChI is InChI=1S/C12H14FN3O/c1-17-12-3-2-8(6-10(12)13)9-7-15-16-11(9)4-5-14/h2-3,6-7H,4-5,14H2,1H3,(H,15,16). The fourth-order valence-corrected chi connectivity index (χ4v) is 1.73. The summed E-state index contributed by atoms with van der Waals surface area (Å²) in [4.78, 5) is 0. The molecule has 2 rings (SSSR count). The number of nitrogens with two attached hydrogens (primary N) is 1. The smallest absolute Gasteiger partial charge is 0.165 e. The molecule has 0 aliphatic heterocycles. The molecule has 0 aliphatic rings. The molecule has 1 aromatic carbocycles. The van der Waals surface area contributed by atoms with Gasteiger partial charge in [-0.25, -0.2) is 4.39 Å². The van der Waals surface area contributed by atoms with Crippen LogP contribution in [0.1, 0.15) is 5.69 Å². The number of hydrogen-bond acceptors (Lipinski definition) is 3. The van der Waals surface area contributed by atoms with Gasteiger partial charge >= 0.3 is 0 Å². The third-order valence-corrected chi connectivity index (χ3v) is 2.58. The molecule has 0 saturated heterocycles. The van der Waals surface area contributed by atoms with E-state index in [1.807, 2.05) is 0 Å². The predicted molar refractivity (Wildman–Crippen MR) is 63.3 cm³/mol. The molecule has 4 nitrogen and oxygen atoms in total. The van der Waals surface area contributed by atoms with E-state index in [9.17, 15) is 4.39 Å². The number of H-pyrrole nitrogens is 1. The lowest BCUT2D eigenvalue weighted by Crippen LogP contribution is -2.04. The lowest BCUT2D eigenvalue weighted by molar-refractivity contribution is 0.386. The summed E-state index contributed by atoms with van der Waals surface area (Å²) >= 11 is 0. The van der Waals surface area contributed by atoms with E-state index in [1.165, 1.54) is 13.2 Å². The van der Waals surface area contributed by atoms with Gasteiger partial charge in [-0.15, -0.1) is 0 Å². The maximum atomic E-state index is 13.6. The summed E-state index contributed by atoms with van der Waals surface area (Å²) < 4.78 is 18.5. The maximum absolute atomic E-state index is 13.6. The van der Waals surface area contributed by atoms with Crippen molar-refractivity contribution in [1.29, 1.82) is 0 Å². The zero-order valence-corrected chi connectivity index (χ0v) is 9.53. The minimum atomic E-state index is -0.384. The van der Waals surface area contributed by atoms with Gasteiger partial charge in [0.25, 0.3) is 0 Å². The van der Waals surface area contributed by atoms with Crippen molar-refractivity contribution in [2.45, 2.75) is 6.42 Å². The molecule has 0 saturated carbocycles. The van der Waals surface area contributed by atoms with Crippen molar-refractivity contribution in [3.63, 3.8) is 0 Å². The number of ether oxygens (including phenoxy) is 1. The highest BCUT2D eigenvalue weighted by atomic mass is 19.1. The first-order chi connectivity index (χ1) is 8.26. The number of aromatic nitrogens is 2. The van der Waals surface area contributed by atoms with E-state index in [0.717, 1.165) is 16.8 Å². The molecule has 5 heteroatoms. The van der Waals surface area contributed by atoms with Gasteiger partial charge in [-0.1, -0.05) is 6.07 Å². The largest absolute Gasteiger partial charge is 0.494 e. The number of hydrogen-bond donors (Lipinski definition) is 2. The summed E-state index contributed by atoms with van der Waals surface area (Å²) in [7, 11) is 1.44. The van der Waals surface area contributed by atoms with Crippen molar-refractivity contribution < 1.29 is 9.13 Å². The van der Waals surface area contributed by atoms with Crippen LogP contribution in [0.15, 0.2) is 24.4 Å². The van der Waals surface area contributed by atoms with E-state index in [2.05, 4.69) is 10.2 Å². The summed E-state index contributed by atoms with van der Waals surface area (Å²) in [5, 5.41) is 6.82. The van der Waals surface area contributed by atoms with Gasteiger partial charge in [-0.05, 0) is 24.2 Å². The molecule has 0 atom stereocenters. The number of aromatic amines is 1. The van der Waals surface area contributed by atoms with Crippen LogP contribution in [0.5, 0.6) is 5.75 Å². The Morgan fingerprint density at radius 1 is 1.47 bits per heavy atom. The molecule has 1 heterocycles. The van der Waals surface area contributed by atoms with Crippen molar-refractivity contribution >= 4 is 0 Å². The Balaban J connectivity index is 2.39. The highest BCUT2D eigenvalue weighted by Crippen LogP contribution is 2.27. The first-order valence-electron chi connectivity index (χ1n) is 5.32.